The van der Waals surface area contributed by atoms with Crippen molar-refractivity contribution >= 4 is 34.6 Å². The van der Waals surface area contributed by atoms with Gasteiger partial charge in [0.15, 0.2) is 5.82 Å². The zero-order valence-corrected chi connectivity index (χ0v) is 15.0. The first-order valence-electron chi connectivity index (χ1n) is 8.09. The Balaban J connectivity index is 1.74. The number of allylic oxidation sites excluding steroid dienone is 1. The number of aromatic nitrogens is 3. The third kappa shape index (κ3) is 3.33. The van der Waals surface area contributed by atoms with Gasteiger partial charge in [-0.1, -0.05) is 29.8 Å². The van der Waals surface area contributed by atoms with Gasteiger partial charge in [-0.2, -0.15) is 10.1 Å². The molecule has 0 amide bonds. The number of benzene rings is 1. The molecule has 25 heavy (non-hydrogen) atoms. The van der Waals surface area contributed by atoms with E-state index in [2.05, 4.69) is 32.9 Å². The molecule has 3 aromatic rings. The second kappa shape index (κ2) is 7.00. The number of aryl methyl sites for hydroxylation is 1. The van der Waals surface area contributed by atoms with E-state index in [9.17, 15) is 0 Å². The van der Waals surface area contributed by atoms with Gasteiger partial charge in [-0.3, -0.25) is 0 Å². The highest BCUT2D eigenvalue weighted by Crippen LogP contribution is 2.34. The Hall–Kier alpha value is -2.15. The number of thiophene rings is 1. The van der Waals surface area contributed by atoms with Crippen LogP contribution < -0.4 is 5.32 Å². The van der Waals surface area contributed by atoms with Crippen molar-refractivity contribution in [1.82, 2.24) is 14.8 Å². The molecule has 3 heterocycles. The summed E-state index contributed by atoms with van der Waals surface area (Å²) < 4.78 is 1.91. The lowest BCUT2D eigenvalue weighted by atomic mass is 10.1. The monoisotopic (exact) mass is 372 g/mol. The van der Waals surface area contributed by atoms with Gasteiger partial charge in [0.25, 0.3) is 0 Å². The number of hydrogen-bond acceptors (Lipinski definition) is 5. The van der Waals surface area contributed by atoms with Crippen LogP contribution in [0.3, 0.4) is 0 Å². The van der Waals surface area contributed by atoms with Crippen molar-refractivity contribution in [2.24, 2.45) is 0 Å². The van der Waals surface area contributed by atoms with Crippen molar-refractivity contribution in [1.29, 1.82) is 0 Å². The average molecular weight is 373 g/mol. The maximum absolute atomic E-state index is 9.05. The number of aliphatic hydroxyl groups is 1. The van der Waals surface area contributed by atoms with Crippen molar-refractivity contribution < 1.29 is 5.11 Å². The predicted molar refractivity (Wildman–Crippen MR) is 101 cm³/mol. The van der Waals surface area contributed by atoms with E-state index in [0.29, 0.717) is 17.9 Å². The van der Waals surface area contributed by atoms with E-state index in [4.69, 9.17) is 16.7 Å². The molecule has 2 aromatic heterocycles. The second-order valence-electron chi connectivity index (χ2n) is 5.80. The minimum absolute atomic E-state index is 0.00250. The van der Waals surface area contributed by atoms with E-state index < -0.39 is 0 Å². The highest BCUT2D eigenvalue weighted by atomic mass is 35.5. The topological polar surface area (TPSA) is 63.0 Å². The van der Waals surface area contributed by atoms with Gasteiger partial charge in [0.1, 0.15) is 6.04 Å². The number of anilines is 1. The zero-order valence-electron chi connectivity index (χ0n) is 13.4. The lowest BCUT2D eigenvalue weighted by Gasteiger charge is -2.23. The van der Waals surface area contributed by atoms with Crippen LogP contribution in [-0.2, 0) is 6.42 Å². The molecule has 0 spiro atoms. The number of nitrogens with one attached hydrogen (secondary N) is 1. The molecule has 0 saturated carbocycles. The zero-order chi connectivity index (χ0) is 17.2. The molecule has 0 saturated heterocycles. The Morgan fingerprint density at radius 1 is 1.24 bits per heavy atom. The van der Waals surface area contributed by atoms with Crippen LogP contribution in [0.1, 0.15) is 28.7 Å². The highest BCUT2D eigenvalue weighted by Gasteiger charge is 2.25. The fourth-order valence-corrected chi connectivity index (χ4v) is 3.75. The minimum Gasteiger partial charge on any atom is -0.396 e. The molecular formula is C18H17ClN4OS. The van der Waals surface area contributed by atoms with E-state index >= 15 is 0 Å². The van der Waals surface area contributed by atoms with Crippen LogP contribution in [-0.4, -0.2) is 26.5 Å². The Morgan fingerprint density at radius 3 is 2.80 bits per heavy atom. The Labute approximate surface area is 154 Å². The molecule has 0 bridgehead atoms. The average Bonchev–Trinajstić information content (AvgIpc) is 3.29. The summed E-state index contributed by atoms with van der Waals surface area (Å²) in [6.07, 6.45) is 3.47. The number of fused-ring (bicyclic) bond motifs is 1. The van der Waals surface area contributed by atoms with E-state index in [1.165, 1.54) is 4.88 Å². The molecule has 4 rings (SSSR count). The van der Waals surface area contributed by atoms with Gasteiger partial charge in [-0.05, 0) is 41.6 Å². The third-order valence-corrected chi connectivity index (χ3v) is 5.25. The van der Waals surface area contributed by atoms with Gasteiger partial charge in [0, 0.05) is 28.6 Å². The van der Waals surface area contributed by atoms with Crippen LogP contribution in [0.5, 0.6) is 0 Å². The summed E-state index contributed by atoms with van der Waals surface area (Å²) in [6.45, 7) is 0.139. The van der Waals surface area contributed by atoms with Crippen LogP contribution >= 0.6 is 22.9 Å². The molecule has 7 heteroatoms. The first kappa shape index (κ1) is 16.3. The number of aliphatic hydroxyl groups excluding tert-OH is 1. The summed E-state index contributed by atoms with van der Waals surface area (Å²) in [4.78, 5) is 5.81. The van der Waals surface area contributed by atoms with E-state index in [1.807, 2.05) is 35.0 Å². The lowest BCUT2D eigenvalue weighted by Crippen LogP contribution is -2.19. The van der Waals surface area contributed by atoms with Gasteiger partial charge < -0.3 is 10.4 Å². The molecule has 0 aliphatic carbocycles. The van der Waals surface area contributed by atoms with Crippen molar-refractivity contribution in [2.75, 3.05) is 11.9 Å². The number of hydrogen-bond donors (Lipinski definition) is 2. The Morgan fingerprint density at radius 2 is 2.08 bits per heavy atom. The molecule has 1 aliphatic heterocycles. The molecule has 1 unspecified atom stereocenters. The summed E-state index contributed by atoms with van der Waals surface area (Å²) in [6, 6.07) is 11.9. The van der Waals surface area contributed by atoms with Gasteiger partial charge in [-0.15, -0.1) is 11.3 Å². The molecule has 0 radical (unpaired) electrons. The fourth-order valence-electron chi connectivity index (χ4n) is 2.84. The molecule has 2 N–H and O–H groups in total. The van der Waals surface area contributed by atoms with Crippen LogP contribution in [0.4, 0.5) is 5.95 Å². The summed E-state index contributed by atoms with van der Waals surface area (Å²) in [5.74, 6) is 1.46. The molecule has 1 aliphatic rings. The molecule has 1 aromatic carbocycles. The first-order chi connectivity index (χ1) is 12.2. The van der Waals surface area contributed by atoms with Gasteiger partial charge >= 0.3 is 0 Å². The molecular weight excluding hydrogens is 356 g/mol. The Bertz CT molecular complexity index is 886. The Kier molecular flexibility index (Phi) is 4.57. The molecule has 5 nitrogen and oxygen atoms in total. The van der Waals surface area contributed by atoms with Crippen LogP contribution in [0.2, 0.25) is 5.02 Å². The summed E-state index contributed by atoms with van der Waals surface area (Å²) in [7, 11) is 0. The molecule has 1 atom stereocenters. The number of halogens is 1. The third-order valence-electron chi connectivity index (χ3n) is 4.06. The normalized spacial score (nSPS) is 16.2. The maximum Gasteiger partial charge on any atom is 0.226 e. The van der Waals surface area contributed by atoms with E-state index in [-0.39, 0.29) is 12.6 Å². The highest BCUT2D eigenvalue weighted by molar-refractivity contribution is 7.10. The van der Waals surface area contributed by atoms with Crippen molar-refractivity contribution in [3.05, 3.63) is 69.1 Å². The van der Waals surface area contributed by atoms with Gasteiger partial charge in [0.2, 0.25) is 5.95 Å². The quantitative estimate of drug-likeness (QED) is 0.711. The molecule has 0 fully saturated rings. The van der Waals surface area contributed by atoms with E-state index in [0.717, 1.165) is 23.0 Å². The van der Waals surface area contributed by atoms with Crippen LogP contribution in [0.25, 0.3) is 5.70 Å². The summed E-state index contributed by atoms with van der Waals surface area (Å²) in [5, 5.41) is 19.8. The van der Waals surface area contributed by atoms with Crippen LogP contribution in [0.15, 0.2) is 47.9 Å². The first-order valence-corrected chi connectivity index (χ1v) is 9.35. The van der Waals surface area contributed by atoms with E-state index in [1.54, 1.807) is 11.3 Å². The lowest BCUT2D eigenvalue weighted by molar-refractivity contribution is 0.287. The SMILES string of the molecule is OCCCc1nc2n(n1)C(c1cccs1)C=C(c1ccc(Cl)cc1)N2. The van der Waals surface area contributed by atoms with Crippen molar-refractivity contribution in [2.45, 2.75) is 18.9 Å². The van der Waals surface area contributed by atoms with Crippen molar-refractivity contribution in [3.63, 3.8) is 0 Å². The predicted octanol–water partition coefficient (Wildman–Crippen LogP) is 3.97. The largest absolute Gasteiger partial charge is 0.396 e. The minimum atomic E-state index is -0.00250. The second-order valence-corrected chi connectivity index (χ2v) is 7.21. The van der Waals surface area contributed by atoms with Crippen molar-refractivity contribution in [3.8, 4) is 0 Å². The standard InChI is InChI=1S/C18H17ClN4OS/c19-13-7-5-12(6-8-13)14-11-15(16-3-2-10-25-16)23-18(20-14)21-17(22-23)4-1-9-24/h2-3,5-8,10-11,15,24H,1,4,9H2,(H,20,21,22). The summed E-state index contributed by atoms with van der Waals surface area (Å²) in [5.41, 5.74) is 2.04. The maximum atomic E-state index is 9.05. The van der Waals surface area contributed by atoms with Gasteiger partial charge in [0.05, 0.1) is 0 Å². The molecule has 128 valence electrons. The smallest absolute Gasteiger partial charge is 0.226 e. The summed E-state index contributed by atoms with van der Waals surface area (Å²) >= 11 is 7.71. The van der Waals surface area contributed by atoms with Crippen LogP contribution in [0, 0.1) is 0 Å². The fraction of sp³-hybridized carbons (Fsp3) is 0.222. The number of rotatable bonds is 5. The van der Waals surface area contributed by atoms with Gasteiger partial charge in [-0.25, -0.2) is 4.68 Å². The number of nitrogens with zero attached hydrogens (tertiary/aromatic N) is 3.